The van der Waals surface area contributed by atoms with Crippen LogP contribution in [0.25, 0.3) is 0 Å². The van der Waals surface area contributed by atoms with Crippen molar-refractivity contribution in [1.29, 1.82) is 0 Å². The van der Waals surface area contributed by atoms with Crippen molar-refractivity contribution in [3.8, 4) is 0 Å². The lowest BCUT2D eigenvalue weighted by atomic mass is 9.67. The van der Waals surface area contributed by atoms with Gasteiger partial charge in [-0.15, -0.1) is 0 Å². The highest BCUT2D eigenvalue weighted by molar-refractivity contribution is 5.89. The normalized spacial score (nSPS) is 25.8. The number of rotatable bonds is 5. The summed E-state index contributed by atoms with van der Waals surface area (Å²) in [5.74, 6) is 0.375. The fourth-order valence-corrected chi connectivity index (χ4v) is 4.11. The van der Waals surface area contributed by atoms with Crippen LogP contribution in [-0.2, 0) is 16.0 Å². The largest absolute Gasteiger partial charge is 0.465 e. The number of esters is 1. The summed E-state index contributed by atoms with van der Waals surface area (Å²) in [6.45, 7) is 2.42. The molecule has 2 atom stereocenters. The third-order valence-corrected chi connectivity index (χ3v) is 5.56. The summed E-state index contributed by atoms with van der Waals surface area (Å²) in [6, 6.07) is 7.36. The van der Waals surface area contributed by atoms with Crippen LogP contribution in [0.5, 0.6) is 0 Å². The number of ether oxygens (including phenoxy) is 1. The summed E-state index contributed by atoms with van der Waals surface area (Å²) in [6.07, 6.45) is 5.33. The lowest BCUT2D eigenvalue weighted by molar-refractivity contribution is -0.133. The fourth-order valence-electron chi connectivity index (χ4n) is 4.11. The standard InChI is InChI=1S/C19H26N2O3/c1-24-17(22)15-7-5-14(6-8-15)9-11-21-18(23)19-10-3-2-4-16(19)12-20-13-19/h5-8,16,20H,2-4,9-13H2,1H3,(H,21,23)/t16-,19+/m0/s1. The van der Waals surface area contributed by atoms with Gasteiger partial charge in [-0.1, -0.05) is 25.0 Å². The number of hydrogen-bond acceptors (Lipinski definition) is 4. The first-order valence-electron chi connectivity index (χ1n) is 8.82. The summed E-state index contributed by atoms with van der Waals surface area (Å²) in [5, 5.41) is 6.55. The minimum atomic E-state index is -0.328. The van der Waals surface area contributed by atoms with Crippen molar-refractivity contribution in [2.24, 2.45) is 11.3 Å². The number of carbonyl (C=O) groups excluding carboxylic acids is 2. The first-order chi connectivity index (χ1) is 11.7. The summed E-state index contributed by atoms with van der Waals surface area (Å²) in [7, 11) is 1.38. The second-order valence-corrected chi connectivity index (χ2v) is 6.92. The maximum atomic E-state index is 12.8. The first-order valence-corrected chi connectivity index (χ1v) is 8.82. The molecule has 2 aliphatic rings. The molecule has 130 valence electrons. The molecule has 2 fully saturated rings. The predicted octanol–water partition coefficient (Wildman–Crippen LogP) is 1.91. The molecule has 1 saturated heterocycles. The topological polar surface area (TPSA) is 67.4 Å². The van der Waals surface area contributed by atoms with Gasteiger partial charge in [0.25, 0.3) is 0 Å². The van der Waals surface area contributed by atoms with Crippen molar-refractivity contribution >= 4 is 11.9 Å². The van der Waals surface area contributed by atoms with E-state index < -0.39 is 0 Å². The highest BCUT2D eigenvalue weighted by Gasteiger charge is 2.49. The van der Waals surface area contributed by atoms with Gasteiger partial charge in [0, 0.05) is 13.1 Å². The zero-order valence-corrected chi connectivity index (χ0v) is 14.3. The van der Waals surface area contributed by atoms with Crippen molar-refractivity contribution < 1.29 is 14.3 Å². The Bertz CT molecular complexity index is 599. The number of benzene rings is 1. The minimum absolute atomic E-state index is 0.188. The molecule has 1 amide bonds. The molecule has 0 radical (unpaired) electrons. The van der Waals surface area contributed by atoms with Crippen LogP contribution in [0, 0.1) is 11.3 Å². The molecule has 1 aliphatic carbocycles. The van der Waals surface area contributed by atoms with E-state index >= 15 is 0 Å². The smallest absolute Gasteiger partial charge is 0.337 e. The fraction of sp³-hybridized carbons (Fsp3) is 0.579. The van der Waals surface area contributed by atoms with Gasteiger partial charge in [-0.25, -0.2) is 4.79 Å². The molecule has 1 saturated carbocycles. The van der Waals surface area contributed by atoms with Crippen LogP contribution in [0.3, 0.4) is 0 Å². The molecule has 1 aromatic rings. The number of carbonyl (C=O) groups is 2. The van der Waals surface area contributed by atoms with Gasteiger partial charge in [-0.3, -0.25) is 4.79 Å². The van der Waals surface area contributed by atoms with Crippen LogP contribution < -0.4 is 10.6 Å². The van der Waals surface area contributed by atoms with Gasteiger partial charge in [0.1, 0.15) is 0 Å². The van der Waals surface area contributed by atoms with Crippen LogP contribution in [0.4, 0.5) is 0 Å². The van der Waals surface area contributed by atoms with E-state index in [0.29, 0.717) is 18.0 Å². The Labute approximate surface area is 143 Å². The van der Waals surface area contributed by atoms with Gasteiger partial charge in [0.2, 0.25) is 5.91 Å². The molecular formula is C19H26N2O3. The lowest BCUT2D eigenvalue weighted by Gasteiger charge is -2.37. The molecule has 5 nitrogen and oxygen atoms in total. The van der Waals surface area contributed by atoms with E-state index in [4.69, 9.17) is 4.74 Å². The van der Waals surface area contributed by atoms with E-state index in [1.54, 1.807) is 12.1 Å². The van der Waals surface area contributed by atoms with E-state index in [1.807, 2.05) is 12.1 Å². The third kappa shape index (κ3) is 3.31. The lowest BCUT2D eigenvalue weighted by Crippen LogP contribution is -2.48. The predicted molar refractivity (Wildman–Crippen MR) is 91.8 cm³/mol. The van der Waals surface area contributed by atoms with Gasteiger partial charge in [-0.05, 0) is 49.4 Å². The van der Waals surface area contributed by atoms with Gasteiger partial charge < -0.3 is 15.4 Å². The van der Waals surface area contributed by atoms with Crippen molar-refractivity contribution in [3.05, 3.63) is 35.4 Å². The first kappa shape index (κ1) is 17.0. The second kappa shape index (κ2) is 7.34. The summed E-state index contributed by atoms with van der Waals surface area (Å²) in [5.41, 5.74) is 1.46. The van der Waals surface area contributed by atoms with Crippen molar-refractivity contribution in [2.45, 2.75) is 32.1 Å². The monoisotopic (exact) mass is 330 g/mol. The summed E-state index contributed by atoms with van der Waals surface area (Å²) >= 11 is 0. The quantitative estimate of drug-likeness (QED) is 0.810. The highest BCUT2D eigenvalue weighted by atomic mass is 16.5. The van der Waals surface area contributed by atoms with Crippen molar-refractivity contribution in [1.82, 2.24) is 10.6 Å². The Morgan fingerprint density at radius 2 is 2.08 bits per heavy atom. The Morgan fingerprint density at radius 3 is 2.83 bits per heavy atom. The molecule has 3 rings (SSSR count). The summed E-state index contributed by atoms with van der Waals surface area (Å²) in [4.78, 5) is 24.2. The maximum absolute atomic E-state index is 12.8. The molecule has 5 heteroatoms. The summed E-state index contributed by atoms with van der Waals surface area (Å²) < 4.78 is 4.69. The van der Waals surface area contributed by atoms with E-state index in [9.17, 15) is 9.59 Å². The second-order valence-electron chi connectivity index (χ2n) is 6.92. The minimum Gasteiger partial charge on any atom is -0.465 e. The number of hydrogen-bond donors (Lipinski definition) is 2. The molecule has 0 unspecified atom stereocenters. The van der Waals surface area contributed by atoms with Crippen molar-refractivity contribution in [3.63, 3.8) is 0 Å². The Morgan fingerprint density at radius 1 is 1.29 bits per heavy atom. The number of methoxy groups -OCH3 is 1. The number of nitrogens with one attached hydrogen (secondary N) is 2. The molecule has 0 spiro atoms. The highest BCUT2D eigenvalue weighted by Crippen LogP contribution is 2.43. The zero-order valence-electron chi connectivity index (χ0n) is 14.3. The Kier molecular flexibility index (Phi) is 5.19. The molecule has 0 aromatic heterocycles. The molecule has 2 N–H and O–H groups in total. The number of amides is 1. The SMILES string of the molecule is COC(=O)c1ccc(CCNC(=O)[C@@]23CCCC[C@H]2CNC3)cc1. The molecule has 1 heterocycles. The molecule has 24 heavy (non-hydrogen) atoms. The van der Waals surface area contributed by atoms with Crippen LogP contribution >= 0.6 is 0 Å². The van der Waals surface area contributed by atoms with Gasteiger partial charge in [0.15, 0.2) is 0 Å². The number of fused-ring (bicyclic) bond motifs is 1. The van der Waals surface area contributed by atoms with E-state index in [0.717, 1.165) is 44.3 Å². The van der Waals surface area contributed by atoms with Gasteiger partial charge in [-0.2, -0.15) is 0 Å². The molecular weight excluding hydrogens is 304 g/mol. The van der Waals surface area contributed by atoms with Gasteiger partial charge in [0.05, 0.1) is 18.1 Å². The van der Waals surface area contributed by atoms with Crippen LogP contribution in [0.1, 0.15) is 41.6 Å². The Balaban J connectivity index is 1.52. The van der Waals surface area contributed by atoms with E-state index in [-0.39, 0.29) is 17.3 Å². The molecule has 1 aliphatic heterocycles. The Hall–Kier alpha value is -1.88. The molecule has 0 bridgehead atoms. The van der Waals surface area contributed by atoms with Crippen LogP contribution in [0.15, 0.2) is 24.3 Å². The average molecular weight is 330 g/mol. The third-order valence-electron chi connectivity index (χ3n) is 5.56. The van der Waals surface area contributed by atoms with E-state index in [2.05, 4.69) is 10.6 Å². The molecule has 1 aromatic carbocycles. The average Bonchev–Trinajstić information content (AvgIpc) is 3.07. The van der Waals surface area contributed by atoms with Crippen molar-refractivity contribution in [2.75, 3.05) is 26.7 Å². The van der Waals surface area contributed by atoms with Crippen LogP contribution in [-0.4, -0.2) is 38.6 Å². The van der Waals surface area contributed by atoms with Gasteiger partial charge >= 0.3 is 5.97 Å². The zero-order chi connectivity index (χ0) is 17.0. The maximum Gasteiger partial charge on any atom is 0.337 e. The van der Waals surface area contributed by atoms with E-state index in [1.165, 1.54) is 13.5 Å². The van der Waals surface area contributed by atoms with Crippen LogP contribution in [0.2, 0.25) is 0 Å².